The Morgan fingerprint density at radius 2 is 1.91 bits per heavy atom. The van der Waals surface area contributed by atoms with E-state index in [4.69, 9.17) is 4.98 Å². The maximum Gasteiger partial charge on any atom is 0.260 e. The Morgan fingerprint density at radius 3 is 2.68 bits per heavy atom. The number of benzene rings is 1. The number of hydrogen-bond donors (Lipinski definition) is 2. The number of carbonyl (C=O) groups is 1. The molecule has 1 fully saturated rings. The van der Waals surface area contributed by atoms with Gasteiger partial charge in [0, 0.05) is 42.0 Å². The molecule has 4 heterocycles. The Kier molecular flexibility index (Phi) is 6.51. The van der Waals surface area contributed by atoms with Gasteiger partial charge in [-0.2, -0.15) is 5.26 Å². The van der Waals surface area contributed by atoms with Crippen molar-refractivity contribution in [3.63, 3.8) is 0 Å². The predicted molar refractivity (Wildman–Crippen MR) is 135 cm³/mol. The molecule has 2 N–H and O–H groups in total. The first-order valence-corrected chi connectivity index (χ1v) is 12.6. The SMILES string of the molecule is N#Cc1ccccc1NC(=O)CN1CCN(Cc2nc3scc(-c4cccs4)c3c(=O)[nH]2)CC1. The number of nitriles is 1. The molecule has 1 aliphatic rings. The van der Waals surface area contributed by atoms with Gasteiger partial charge >= 0.3 is 0 Å². The normalized spacial score (nSPS) is 14.8. The van der Waals surface area contributed by atoms with Crippen LogP contribution in [0.25, 0.3) is 20.7 Å². The number of nitrogens with one attached hydrogen (secondary N) is 2. The van der Waals surface area contributed by atoms with Crippen molar-refractivity contribution in [1.29, 1.82) is 5.26 Å². The van der Waals surface area contributed by atoms with Crippen molar-refractivity contribution in [2.24, 2.45) is 0 Å². The molecule has 0 radical (unpaired) electrons. The van der Waals surface area contributed by atoms with Crippen LogP contribution < -0.4 is 10.9 Å². The Balaban J connectivity index is 1.18. The molecular weight excluding hydrogens is 468 g/mol. The number of rotatable bonds is 6. The average Bonchev–Trinajstić information content (AvgIpc) is 3.51. The second-order valence-electron chi connectivity index (χ2n) is 8.08. The third-order valence-electron chi connectivity index (χ3n) is 5.81. The number of piperazine rings is 1. The van der Waals surface area contributed by atoms with Gasteiger partial charge in [0.05, 0.1) is 29.7 Å². The van der Waals surface area contributed by atoms with Crippen LogP contribution >= 0.6 is 22.7 Å². The highest BCUT2D eigenvalue weighted by atomic mass is 32.1. The van der Waals surface area contributed by atoms with Crippen LogP contribution in [0.15, 0.2) is 52.0 Å². The number of aromatic nitrogens is 2. The van der Waals surface area contributed by atoms with Crippen LogP contribution in [0.5, 0.6) is 0 Å². The summed E-state index contributed by atoms with van der Waals surface area (Å²) in [7, 11) is 0. The number of H-pyrrole nitrogens is 1. The van der Waals surface area contributed by atoms with E-state index in [2.05, 4.69) is 26.2 Å². The number of anilines is 1. The predicted octanol–water partition coefficient (Wildman–Crippen LogP) is 3.34. The lowest BCUT2D eigenvalue weighted by molar-refractivity contribution is -0.117. The first-order chi connectivity index (χ1) is 16.6. The number of carbonyl (C=O) groups excluding carboxylic acids is 1. The summed E-state index contributed by atoms with van der Waals surface area (Å²) < 4.78 is 0. The number of para-hydroxylation sites is 1. The molecule has 0 saturated carbocycles. The van der Waals surface area contributed by atoms with Crippen LogP contribution in [0.1, 0.15) is 11.4 Å². The van der Waals surface area contributed by atoms with E-state index >= 15 is 0 Å². The molecule has 0 aliphatic carbocycles. The molecule has 0 bridgehead atoms. The van der Waals surface area contributed by atoms with Crippen molar-refractivity contribution in [1.82, 2.24) is 19.8 Å². The highest BCUT2D eigenvalue weighted by molar-refractivity contribution is 7.18. The second kappa shape index (κ2) is 9.87. The van der Waals surface area contributed by atoms with Gasteiger partial charge in [0.15, 0.2) is 0 Å². The molecular formula is C24H22N6O2S2. The van der Waals surface area contributed by atoms with E-state index in [1.54, 1.807) is 35.6 Å². The number of aromatic amines is 1. The summed E-state index contributed by atoms with van der Waals surface area (Å²) in [6.07, 6.45) is 0. The van der Waals surface area contributed by atoms with Crippen LogP contribution in [-0.2, 0) is 11.3 Å². The van der Waals surface area contributed by atoms with Gasteiger partial charge in [-0.1, -0.05) is 18.2 Å². The summed E-state index contributed by atoms with van der Waals surface area (Å²) in [6.45, 7) is 3.86. The molecule has 0 unspecified atom stereocenters. The number of fused-ring (bicyclic) bond motifs is 1. The van der Waals surface area contributed by atoms with Gasteiger partial charge in [-0.05, 0) is 23.6 Å². The topological polar surface area (TPSA) is 105 Å². The smallest absolute Gasteiger partial charge is 0.260 e. The summed E-state index contributed by atoms with van der Waals surface area (Å²) in [5.41, 5.74) is 1.83. The zero-order valence-corrected chi connectivity index (χ0v) is 19.9. The van der Waals surface area contributed by atoms with Gasteiger partial charge in [-0.25, -0.2) is 4.98 Å². The first kappa shape index (κ1) is 22.4. The Hall–Kier alpha value is -3.36. The number of amides is 1. The molecule has 1 aromatic carbocycles. The lowest BCUT2D eigenvalue weighted by atomic mass is 10.2. The molecule has 1 saturated heterocycles. The van der Waals surface area contributed by atoms with Crippen LogP contribution in [0, 0.1) is 11.3 Å². The zero-order chi connectivity index (χ0) is 23.5. The fourth-order valence-corrected chi connectivity index (χ4v) is 5.86. The van der Waals surface area contributed by atoms with E-state index in [9.17, 15) is 14.9 Å². The highest BCUT2D eigenvalue weighted by Crippen LogP contribution is 2.33. The van der Waals surface area contributed by atoms with E-state index in [1.165, 1.54) is 11.3 Å². The van der Waals surface area contributed by atoms with Crippen molar-refractivity contribution >= 4 is 44.5 Å². The van der Waals surface area contributed by atoms with Crippen LogP contribution in [0.4, 0.5) is 5.69 Å². The number of hydrogen-bond acceptors (Lipinski definition) is 8. The maximum absolute atomic E-state index is 12.8. The minimum atomic E-state index is -0.133. The van der Waals surface area contributed by atoms with Gasteiger partial charge < -0.3 is 10.3 Å². The van der Waals surface area contributed by atoms with Gasteiger partial charge in [0.25, 0.3) is 5.56 Å². The van der Waals surface area contributed by atoms with Crippen molar-refractivity contribution in [2.45, 2.75) is 6.54 Å². The lowest BCUT2D eigenvalue weighted by Gasteiger charge is -2.33. The van der Waals surface area contributed by atoms with E-state index in [0.717, 1.165) is 41.5 Å². The Labute approximate surface area is 204 Å². The Morgan fingerprint density at radius 1 is 1.12 bits per heavy atom. The molecule has 34 heavy (non-hydrogen) atoms. The quantitative estimate of drug-likeness (QED) is 0.430. The van der Waals surface area contributed by atoms with Gasteiger partial charge in [0.1, 0.15) is 16.7 Å². The molecule has 4 aromatic rings. The minimum absolute atomic E-state index is 0.0994. The fourth-order valence-electron chi connectivity index (χ4n) is 4.08. The standard InChI is InChI=1S/C24H22N6O2S2/c25-12-16-4-1-2-5-18(16)26-21(31)14-30-9-7-29(8-10-30)13-20-27-23(32)22-17(15-34-24(22)28-20)19-6-3-11-33-19/h1-6,11,15H,7-10,13-14H2,(H,26,31)(H,27,28,32). The van der Waals surface area contributed by atoms with E-state index in [0.29, 0.717) is 29.0 Å². The lowest BCUT2D eigenvalue weighted by Crippen LogP contribution is -2.48. The van der Waals surface area contributed by atoms with E-state index in [-0.39, 0.29) is 18.0 Å². The van der Waals surface area contributed by atoms with Crippen LogP contribution in [0.2, 0.25) is 0 Å². The first-order valence-electron chi connectivity index (χ1n) is 10.9. The fraction of sp³-hybridized carbons (Fsp3) is 0.250. The molecule has 172 valence electrons. The van der Waals surface area contributed by atoms with Crippen molar-refractivity contribution < 1.29 is 4.79 Å². The third kappa shape index (κ3) is 4.78. The van der Waals surface area contributed by atoms with Crippen LogP contribution in [0.3, 0.4) is 0 Å². The maximum atomic E-state index is 12.8. The second-order valence-corrected chi connectivity index (χ2v) is 9.88. The molecule has 0 atom stereocenters. The molecule has 1 aliphatic heterocycles. The van der Waals surface area contributed by atoms with Gasteiger partial charge in [-0.15, -0.1) is 22.7 Å². The molecule has 8 nitrogen and oxygen atoms in total. The van der Waals surface area contributed by atoms with Gasteiger partial charge in [-0.3, -0.25) is 19.4 Å². The summed E-state index contributed by atoms with van der Waals surface area (Å²) >= 11 is 3.11. The van der Waals surface area contributed by atoms with Gasteiger partial charge in [0.2, 0.25) is 5.91 Å². The molecule has 10 heteroatoms. The number of thiophene rings is 2. The molecule has 1 amide bonds. The zero-order valence-electron chi connectivity index (χ0n) is 18.3. The average molecular weight is 491 g/mol. The summed E-state index contributed by atoms with van der Waals surface area (Å²) in [5.74, 6) is 0.531. The largest absolute Gasteiger partial charge is 0.324 e. The van der Waals surface area contributed by atoms with Crippen LogP contribution in [-0.4, -0.2) is 58.4 Å². The third-order valence-corrected chi connectivity index (χ3v) is 7.58. The highest BCUT2D eigenvalue weighted by Gasteiger charge is 2.21. The van der Waals surface area contributed by atoms with Crippen molar-refractivity contribution in [3.05, 3.63) is 68.9 Å². The Bertz CT molecular complexity index is 1410. The minimum Gasteiger partial charge on any atom is -0.324 e. The monoisotopic (exact) mass is 490 g/mol. The summed E-state index contributed by atoms with van der Waals surface area (Å²) in [6, 6.07) is 13.1. The molecule has 3 aromatic heterocycles. The van der Waals surface area contributed by atoms with Crippen molar-refractivity contribution in [3.8, 4) is 16.5 Å². The van der Waals surface area contributed by atoms with Crippen molar-refractivity contribution in [2.75, 3.05) is 38.0 Å². The number of nitrogens with zero attached hydrogens (tertiary/aromatic N) is 4. The van der Waals surface area contributed by atoms with E-state index < -0.39 is 0 Å². The summed E-state index contributed by atoms with van der Waals surface area (Å²) in [4.78, 5) is 39.1. The van der Waals surface area contributed by atoms with E-state index in [1.807, 2.05) is 22.9 Å². The molecule has 5 rings (SSSR count). The molecule has 0 spiro atoms. The summed E-state index contributed by atoms with van der Waals surface area (Å²) in [5, 5.41) is 16.7.